The van der Waals surface area contributed by atoms with Crippen LogP contribution in [0, 0.1) is 13.8 Å². The van der Waals surface area contributed by atoms with Crippen LogP contribution < -0.4 is 10.2 Å². The summed E-state index contributed by atoms with van der Waals surface area (Å²) in [5.41, 5.74) is 6.56. The van der Waals surface area contributed by atoms with Gasteiger partial charge in [0.25, 0.3) is 0 Å². The van der Waals surface area contributed by atoms with Crippen molar-refractivity contribution in [2.75, 3.05) is 30.9 Å². The molecule has 0 aliphatic heterocycles. The first kappa shape index (κ1) is 14.4. The van der Waals surface area contributed by atoms with Crippen LogP contribution in [0.25, 0.3) is 0 Å². The molecule has 0 saturated carbocycles. The van der Waals surface area contributed by atoms with Crippen molar-refractivity contribution in [3.8, 4) is 0 Å². The van der Waals surface area contributed by atoms with E-state index in [1.807, 2.05) is 7.05 Å². The Balaban J connectivity index is 1.96. The lowest BCUT2D eigenvalue weighted by Gasteiger charge is -2.20. The maximum atomic E-state index is 3.14. The summed E-state index contributed by atoms with van der Waals surface area (Å²) < 4.78 is 0. The molecule has 0 atom stereocenters. The van der Waals surface area contributed by atoms with Gasteiger partial charge in [-0.15, -0.1) is 0 Å². The molecule has 2 aromatic carbocycles. The van der Waals surface area contributed by atoms with Crippen LogP contribution in [0.5, 0.6) is 0 Å². The van der Waals surface area contributed by atoms with E-state index in [2.05, 4.69) is 73.6 Å². The predicted octanol–water partition coefficient (Wildman–Crippen LogP) is 4.02. The van der Waals surface area contributed by atoms with Crippen molar-refractivity contribution in [2.24, 2.45) is 0 Å². The second-order valence-electron chi connectivity index (χ2n) is 5.39. The fourth-order valence-corrected chi connectivity index (χ4v) is 2.27. The molecule has 2 rings (SSSR count). The number of hydrogen-bond acceptors (Lipinski definition) is 2. The molecule has 0 aliphatic rings. The van der Waals surface area contributed by atoms with E-state index in [0.29, 0.717) is 0 Å². The van der Waals surface area contributed by atoms with Crippen LogP contribution in [0.2, 0.25) is 0 Å². The molecule has 0 aromatic heterocycles. The van der Waals surface area contributed by atoms with Crippen molar-refractivity contribution in [1.82, 2.24) is 0 Å². The van der Waals surface area contributed by atoms with E-state index in [-0.39, 0.29) is 0 Å². The Morgan fingerprint density at radius 1 is 0.950 bits per heavy atom. The molecule has 0 bridgehead atoms. The topological polar surface area (TPSA) is 15.3 Å². The number of benzene rings is 2. The van der Waals surface area contributed by atoms with Crippen molar-refractivity contribution in [3.05, 3.63) is 59.2 Å². The van der Waals surface area contributed by atoms with Gasteiger partial charge in [-0.05, 0) is 61.2 Å². The van der Waals surface area contributed by atoms with E-state index in [9.17, 15) is 0 Å². The van der Waals surface area contributed by atoms with E-state index in [1.165, 1.54) is 22.4 Å². The third-order valence-electron chi connectivity index (χ3n) is 3.90. The number of anilines is 2. The standard InChI is InChI=1S/C18H24N2/c1-14-5-6-16(13-15(14)2)11-12-20(4)18-9-7-17(19-3)8-10-18/h5-10,13,19H,11-12H2,1-4H3. The zero-order valence-corrected chi connectivity index (χ0v) is 12.9. The van der Waals surface area contributed by atoms with Crippen LogP contribution in [-0.2, 0) is 6.42 Å². The second-order valence-corrected chi connectivity index (χ2v) is 5.39. The highest BCUT2D eigenvalue weighted by Crippen LogP contribution is 2.17. The Labute approximate surface area is 122 Å². The summed E-state index contributed by atoms with van der Waals surface area (Å²) in [6, 6.07) is 15.3. The van der Waals surface area contributed by atoms with Crippen LogP contribution in [0.4, 0.5) is 11.4 Å². The fourth-order valence-electron chi connectivity index (χ4n) is 2.27. The van der Waals surface area contributed by atoms with Gasteiger partial charge < -0.3 is 10.2 Å². The molecular weight excluding hydrogens is 244 g/mol. The SMILES string of the molecule is CNc1ccc(N(C)CCc2ccc(C)c(C)c2)cc1. The molecule has 0 unspecified atom stereocenters. The Morgan fingerprint density at radius 2 is 1.65 bits per heavy atom. The number of hydrogen-bond donors (Lipinski definition) is 1. The summed E-state index contributed by atoms with van der Waals surface area (Å²) in [6.45, 7) is 5.37. The van der Waals surface area contributed by atoms with Crippen molar-refractivity contribution in [2.45, 2.75) is 20.3 Å². The number of nitrogens with one attached hydrogen (secondary N) is 1. The van der Waals surface area contributed by atoms with Crippen LogP contribution in [0.1, 0.15) is 16.7 Å². The summed E-state index contributed by atoms with van der Waals surface area (Å²) in [4.78, 5) is 2.30. The molecule has 0 heterocycles. The predicted molar refractivity (Wildman–Crippen MR) is 88.9 cm³/mol. The fraction of sp³-hybridized carbons (Fsp3) is 0.333. The van der Waals surface area contributed by atoms with Gasteiger partial charge in [-0.3, -0.25) is 0 Å². The molecule has 0 aliphatic carbocycles. The zero-order valence-electron chi connectivity index (χ0n) is 12.9. The molecular formula is C18H24N2. The van der Waals surface area contributed by atoms with Gasteiger partial charge in [-0.2, -0.15) is 0 Å². The second kappa shape index (κ2) is 6.47. The smallest absolute Gasteiger partial charge is 0.0365 e. The maximum absolute atomic E-state index is 3.14. The van der Waals surface area contributed by atoms with E-state index in [1.54, 1.807) is 0 Å². The Kier molecular flexibility index (Phi) is 4.67. The summed E-state index contributed by atoms with van der Waals surface area (Å²) in [5, 5.41) is 3.14. The lowest BCUT2D eigenvalue weighted by Crippen LogP contribution is -2.20. The molecule has 20 heavy (non-hydrogen) atoms. The molecule has 0 fully saturated rings. The minimum absolute atomic E-state index is 1.03. The van der Waals surface area contributed by atoms with E-state index < -0.39 is 0 Å². The van der Waals surface area contributed by atoms with Gasteiger partial charge in [0.05, 0.1) is 0 Å². The van der Waals surface area contributed by atoms with Crippen LogP contribution >= 0.6 is 0 Å². The summed E-state index contributed by atoms with van der Waals surface area (Å²) in [7, 11) is 4.09. The van der Waals surface area contributed by atoms with Gasteiger partial charge in [-0.25, -0.2) is 0 Å². The summed E-state index contributed by atoms with van der Waals surface area (Å²) in [6.07, 6.45) is 1.07. The monoisotopic (exact) mass is 268 g/mol. The number of likely N-dealkylation sites (N-methyl/N-ethyl adjacent to an activating group) is 1. The first-order chi connectivity index (χ1) is 9.60. The van der Waals surface area contributed by atoms with Crippen LogP contribution in [0.15, 0.2) is 42.5 Å². The van der Waals surface area contributed by atoms with E-state index >= 15 is 0 Å². The van der Waals surface area contributed by atoms with E-state index in [4.69, 9.17) is 0 Å². The van der Waals surface area contributed by atoms with Crippen molar-refractivity contribution >= 4 is 11.4 Å². The number of rotatable bonds is 5. The normalized spacial score (nSPS) is 10.4. The first-order valence-corrected chi connectivity index (χ1v) is 7.15. The Morgan fingerprint density at radius 3 is 2.25 bits per heavy atom. The lowest BCUT2D eigenvalue weighted by atomic mass is 10.0. The van der Waals surface area contributed by atoms with Gasteiger partial charge in [-0.1, -0.05) is 18.2 Å². The molecule has 2 nitrogen and oxygen atoms in total. The van der Waals surface area contributed by atoms with Gasteiger partial charge >= 0.3 is 0 Å². The quantitative estimate of drug-likeness (QED) is 0.881. The summed E-state index contributed by atoms with van der Waals surface area (Å²) >= 11 is 0. The zero-order chi connectivity index (χ0) is 14.5. The molecule has 106 valence electrons. The average molecular weight is 268 g/mol. The Bertz CT molecular complexity index is 558. The van der Waals surface area contributed by atoms with Gasteiger partial charge in [0.2, 0.25) is 0 Å². The molecule has 0 amide bonds. The lowest BCUT2D eigenvalue weighted by molar-refractivity contribution is 0.875. The molecule has 0 saturated heterocycles. The van der Waals surface area contributed by atoms with Crippen LogP contribution in [0.3, 0.4) is 0 Å². The average Bonchev–Trinajstić information content (AvgIpc) is 2.48. The van der Waals surface area contributed by atoms with Crippen molar-refractivity contribution < 1.29 is 0 Å². The van der Waals surface area contributed by atoms with Gasteiger partial charge in [0, 0.05) is 32.0 Å². The van der Waals surface area contributed by atoms with E-state index in [0.717, 1.165) is 18.7 Å². The maximum Gasteiger partial charge on any atom is 0.0365 e. The number of nitrogens with zero attached hydrogens (tertiary/aromatic N) is 1. The molecule has 1 N–H and O–H groups in total. The molecule has 2 heteroatoms. The minimum Gasteiger partial charge on any atom is -0.388 e. The molecule has 0 spiro atoms. The molecule has 2 aromatic rings. The largest absolute Gasteiger partial charge is 0.388 e. The van der Waals surface area contributed by atoms with Gasteiger partial charge in [0.1, 0.15) is 0 Å². The highest BCUT2D eigenvalue weighted by molar-refractivity contribution is 5.54. The van der Waals surface area contributed by atoms with Crippen LogP contribution in [-0.4, -0.2) is 20.6 Å². The van der Waals surface area contributed by atoms with Crippen molar-refractivity contribution in [3.63, 3.8) is 0 Å². The highest BCUT2D eigenvalue weighted by atomic mass is 15.1. The number of aryl methyl sites for hydroxylation is 2. The van der Waals surface area contributed by atoms with Gasteiger partial charge in [0.15, 0.2) is 0 Å². The third kappa shape index (κ3) is 3.53. The Hall–Kier alpha value is -1.96. The minimum atomic E-state index is 1.03. The van der Waals surface area contributed by atoms with Crippen molar-refractivity contribution in [1.29, 1.82) is 0 Å². The molecule has 0 radical (unpaired) electrons. The first-order valence-electron chi connectivity index (χ1n) is 7.15. The summed E-state index contributed by atoms with van der Waals surface area (Å²) in [5.74, 6) is 0. The third-order valence-corrected chi connectivity index (χ3v) is 3.90. The highest BCUT2D eigenvalue weighted by Gasteiger charge is 2.02.